The quantitative estimate of drug-likeness (QED) is 0.269. The SMILES string of the molecule is CCOC(=O)c1ccccc1NC(=O)CSc1nnc(CNC(=O)c2ccc(S(=O)(=O)N(C)C)cc2)o1. The third-order valence-electron chi connectivity index (χ3n) is 4.77. The molecule has 0 radical (unpaired) electrons. The van der Waals surface area contributed by atoms with Gasteiger partial charge in [-0.3, -0.25) is 9.59 Å². The minimum absolute atomic E-state index is 0.0621. The van der Waals surface area contributed by atoms with Gasteiger partial charge in [-0.25, -0.2) is 17.5 Å². The van der Waals surface area contributed by atoms with Crippen LogP contribution in [0.5, 0.6) is 0 Å². The van der Waals surface area contributed by atoms with E-state index in [1.165, 1.54) is 38.4 Å². The van der Waals surface area contributed by atoms with Crippen molar-refractivity contribution in [3.63, 3.8) is 0 Å². The Labute approximate surface area is 217 Å². The number of hydrogen-bond acceptors (Lipinski definition) is 10. The van der Waals surface area contributed by atoms with Crippen molar-refractivity contribution in [3.8, 4) is 0 Å². The highest BCUT2D eigenvalue weighted by Crippen LogP contribution is 2.20. The lowest BCUT2D eigenvalue weighted by atomic mass is 10.2. The summed E-state index contributed by atoms with van der Waals surface area (Å²) in [5, 5.41) is 13.1. The zero-order valence-electron chi connectivity index (χ0n) is 20.3. The second-order valence-electron chi connectivity index (χ2n) is 7.56. The van der Waals surface area contributed by atoms with E-state index in [1.54, 1.807) is 31.2 Å². The number of carbonyl (C=O) groups is 3. The van der Waals surface area contributed by atoms with Crippen molar-refractivity contribution >= 4 is 45.3 Å². The Morgan fingerprint density at radius 1 is 1.05 bits per heavy atom. The van der Waals surface area contributed by atoms with Crippen LogP contribution in [-0.4, -0.2) is 67.2 Å². The van der Waals surface area contributed by atoms with Crippen molar-refractivity contribution in [2.24, 2.45) is 0 Å². The summed E-state index contributed by atoms with van der Waals surface area (Å²) in [6, 6.07) is 12.0. The van der Waals surface area contributed by atoms with E-state index in [0.717, 1.165) is 16.1 Å². The van der Waals surface area contributed by atoms with Crippen LogP contribution >= 0.6 is 11.8 Å². The molecule has 0 aliphatic heterocycles. The first-order valence-electron chi connectivity index (χ1n) is 10.9. The van der Waals surface area contributed by atoms with Crippen LogP contribution in [0, 0.1) is 0 Å². The lowest BCUT2D eigenvalue weighted by Gasteiger charge is -2.11. The first-order valence-corrected chi connectivity index (χ1v) is 13.4. The Morgan fingerprint density at radius 3 is 2.43 bits per heavy atom. The van der Waals surface area contributed by atoms with Gasteiger partial charge in [0.25, 0.3) is 11.1 Å². The largest absolute Gasteiger partial charge is 0.462 e. The molecule has 0 bridgehead atoms. The maximum atomic E-state index is 12.4. The standard InChI is InChI=1S/C23H25N5O7S2/c1-4-34-22(31)17-7-5-6-8-18(17)25-19(29)14-36-23-27-26-20(35-23)13-24-21(30)15-9-11-16(12-10-15)37(32,33)28(2)3/h5-12H,4,13-14H2,1-3H3,(H,24,30)(H,25,29). The van der Waals surface area contributed by atoms with Gasteiger partial charge < -0.3 is 19.8 Å². The van der Waals surface area contributed by atoms with Crippen molar-refractivity contribution in [3.05, 3.63) is 65.5 Å². The molecule has 0 unspecified atom stereocenters. The molecule has 0 saturated carbocycles. The van der Waals surface area contributed by atoms with Crippen molar-refractivity contribution in [1.29, 1.82) is 0 Å². The minimum Gasteiger partial charge on any atom is -0.462 e. The number of para-hydroxylation sites is 1. The molecule has 2 amide bonds. The van der Waals surface area contributed by atoms with E-state index < -0.39 is 27.8 Å². The molecule has 14 heteroatoms. The number of rotatable bonds is 11. The van der Waals surface area contributed by atoms with Gasteiger partial charge in [-0.15, -0.1) is 10.2 Å². The normalized spacial score (nSPS) is 11.2. The highest BCUT2D eigenvalue weighted by Gasteiger charge is 2.18. The minimum atomic E-state index is -3.59. The highest BCUT2D eigenvalue weighted by atomic mass is 32.2. The second kappa shape index (κ2) is 12.5. The first-order chi connectivity index (χ1) is 17.6. The van der Waals surface area contributed by atoms with Crippen molar-refractivity contribution in [2.75, 3.05) is 31.8 Å². The number of esters is 1. The molecule has 37 heavy (non-hydrogen) atoms. The molecule has 196 valence electrons. The second-order valence-corrected chi connectivity index (χ2v) is 10.6. The fourth-order valence-electron chi connectivity index (χ4n) is 2.91. The van der Waals surface area contributed by atoms with Gasteiger partial charge in [-0.05, 0) is 43.3 Å². The number of nitrogens with zero attached hydrogens (tertiary/aromatic N) is 3. The van der Waals surface area contributed by atoms with Crippen LogP contribution in [0.1, 0.15) is 33.5 Å². The summed E-state index contributed by atoms with van der Waals surface area (Å²) < 4.78 is 35.8. The lowest BCUT2D eigenvalue weighted by molar-refractivity contribution is -0.113. The predicted octanol–water partition coefficient (Wildman–Crippen LogP) is 2.16. The molecule has 0 aliphatic carbocycles. The topological polar surface area (TPSA) is 161 Å². The van der Waals surface area contributed by atoms with E-state index in [4.69, 9.17) is 9.15 Å². The van der Waals surface area contributed by atoms with Gasteiger partial charge in [0.2, 0.25) is 21.8 Å². The lowest BCUT2D eigenvalue weighted by Crippen LogP contribution is -2.24. The molecular formula is C23H25N5O7S2. The number of thioether (sulfide) groups is 1. The number of anilines is 1. The van der Waals surface area contributed by atoms with E-state index in [-0.39, 0.29) is 46.0 Å². The summed E-state index contributed by atoms with van der Waals surface area (Å²) >= 11 is 0.988. The van der Waals surface area contributed by atoms with Gasteiger partial charge in [0.05, 0.1) is 35.1 Å². The molecule has 2 aromatic carbocycles. The summed E-state index contributed by atoms with van der Waals surface area (Å²) in [6.07, 6.45) is 0. The van der Waals surface area contributed by atoms with E-state index >= 15 is 0 Å². The first kappa shape index (κ1) is 27.8. The van der Waals surface area contributed by atoms with Crippen LogP contribution < -0.4 is 10.6 Å². The van der Waals surface area contributed by atoms with Crippen LogP contribution in [0.15, 0.2) is 63.1 Å². The van der Waals surface area contributed by atoms with E-state index in [9.17, 15) is 22.8 Å². The highest BCUT2D eigenvalue weighted by molar-refractivity contribution is 7.99. The Hall–Kier alpha value is -3.75. The fourth-order valence-corrected chi connectivity index (χ4v) is 4.39. The van der Waals surface area contributed by atoms with Gasteiger partial charge in [0, 0.05) is 19.7 Å². The van der Waals surface area contributed by atoms with Gasteiger partial charge in [-0.1, -0.05) is 23.9 Å². The van der Waals surface area contributed by atoms with Crippen LogP contribution in [0.25, 0.3) is 0 Å². The molecule has 0 spiro atoms. The molecular weight excluding hydrogens is 522 g/mol. The number of benzene rings is 2. The molecule has 0 atom stereocenters. The average molecular weight is 548 g/mol. The van der Waals surface area contributed by atoms with Crippen LogP contribution in [0.4, 0.5) is 5.69 Å². The molecule has 3 aromatic rings. The van der Waals surface area contributed by atoms with Crippen molar-refractivity contribution in [2.45, 2.75) is 23.6 Å². The Kier molecular flexibility index (Phi) is 9.38. The van der Waals surface area contributed by atoms with Gasteiger partial charge in [-0.2, -0.15) is 0 Å². The van der Waals surface area contributed by atoms with Crippen LogP contribution in [-0.2, 0) is 26.1 Å². The van der Waals surface area contributed by atoms with Gasteiger partial charge in [0.15, 0.2) is 0 Å². The molecule has 0 aliphatic rings. The average Bonchev–Trinajstić information content (AvgIpc) is 3.34. The number of nitrogens with one attached hydrogen (secondary N) is 2. The predicted molar refractivity (Wildman–Crippen MR) is 135 cm³/mol. The third kappa shape index (κ3) is 7.38. The molecule has 2 N–H and O–H groups in total. The summed E-state index contributed by atoms with van der Waals surface area (Å²) in [4.78, 5) is 36.8. The summed E-state index contributed by atoms with van der Waals surface area (Å²) in [5.41, 5.74) is 0.826. The maximum Gasteiger partial charge on any atom is 0.340 e. The van der Waals surface area contributed by atoms with Crippen molar-refractivity contribution in [1.82, 2.24) is 19.8 Å². The molecule has 1 heterocycles. The third-order valence-corrected chi connectivity index (χ3v) is 7.41. The number of aromatic nitrogens is 2. The zero-order chi connectivity index (χ0) is 27.0. The molecule has 12 nitrogen and oxygen atoms in total. The summed E-state index contributed by atoms with van der Waals surface area (Å²) in [6.45, 7) is 1.84. The molecule has 3 rings (SSSR count). The smallest absolute Gasteiger partial charge is 0.340 e. The van der Waals surface area contributed by atoms with E-state index in [0.29, 0.717) is 5.69 Å². The maximum absolute atomic E-state index is 12.4. The number of sulfonamides is 1. The Morgan fingerprint density at radius 2 is 1.76 bits per heavy atom. The Bertz CT molecular complexity index is 1370. The summed E-state index contributed by atoms with van der Waals surface area (Å²) in [7, 11) is -0.751. The van der Waals surface area contributed by atoms with Crippen molar-refractivity contribution < 1.29 is 32.0 Å². The van der Waals surface area contributed by atoms with Crippen LogP contribution in [0.2, 0.25) is 0 Å². The number of ether oxygens (including phenoxy) is 1. The Balaban J connectivity index is 1.50. The molecule has 0 fully saturated rings. The number of amides is 2. The number of carbonyl (C=O) groups excluding carboxylic acids is 3. The number of hydrogen-bond donors (Lipinski definition) is 2. The van der Waals surface area contributed by atoms with Gasteiger partial charge in [0.1, 0.15) is 0 Å². The molecule has 0 saturated heterocycles. The van der Waals surface area contributed by atoms with Crippen LogP contribution in [0.3, 0.4) is 0 Å². The van der Waals surface area contributed by atoms with E-state index in [2.05, 4.69) is 20.8 Å². The summed E-state index contributed by atoms with van der Waals surface area (Å²) in [5.74, 6) is -1.33. The zero-order valence-corrected chi connectivity index (χ0v) is 21.9. The monoisotopic (exact) mass is 547 g/mol. The molecule has 1 aromatic heterocycles. The van der Waals surface area contributed by atoms with E-state index in [1.807, 2.05) is 0 Å². The van der Waals surface area contributed by atoms with Gasteiger partial charge >= 0.3 is 5.97 Å². The fraction of sp³-hybridized carbons (Fsp3) is 0.261.